The van der Waals surface area contributed by atoms with E-state index in [-0.39, 0.29) is 74.3 Å². The van der Waals surface area contributed by atoms with Crippen LogP contribution in [0, 0.1) is 0 Å². The topological polar surface area (TPSA) is 152 Å². The summed E-state index contributed by atoms with van der Waals surface area (Å²) in [6, 6.07) is 4.58. The molecule has 236 valence electrons. The third-order valence-corrected chi connectivity index (χ3v) is 10.9. The van der Waals surface area contributed by atoms with E-state index in [1.54, 1.807) is 13.2 Å². The minimum absolute atomic E-state index is 0.0154. The Morgan fingerprint density at radius 3 is 2.52 bits per heavy atom. The highest BCUT2D eigenvalue weighted by Crippen LogP contribution is 2.53. The number of benzene rings is 2. The van der Waals surface area contributed by atoms with Gasteiger partial charge < -0.3 is 34.3 Å². The van der Waals surface area contributed by atoms with Gasteiger partial charge in [-0.1, -0.05) is 34.7 Å². The van der Waals surface area contributed by atoms with Crippen LogP contribution in [0.5, 0.6) is 17.2 Å². The number of carbonyl (C=O) groups excluding carboxylic acids is 3. The van der Waals surface area contributed by atoms with Gasteiger partial charge in [0.1, 0.15) is 29.1 Å². The van der Waals surface area contributed by atoms with Gasteiger partial charge in [-0.25, -0.2) is 0 Å². The predicted molar refractivity (Wildman–Crippen MR) is 165 cm³/mol. The number of Topliss-reactive ketones (excluding diaryl/α,β-unsaturated/α-hetero) is 1. The number of carbonyl (C=O) groups is 3. The largest absolute Gasteiger partial charge is 0.507 e. The number of halogens is 1. The van der Waals surface area contributed by atoms with E-state index in [9.17, 15) is 29.7 Å². The molecule has 2 aromatic carbocycles. The zero-order valence-electron chi connectivity index (χ0n) is 25.0. The fourth-order valence-electron chi connectivity index (χ4n) is 7.29. The van der Waals surface area contributed by atoms with Gasteiger partial charge in [0.25, 0.3) is 0 Å². The summed E-state index contributed by atoms with van der Waals surface area (Å²) < 4.78 is 23.7. The molecule has 0 spiro atoms. The van der Waals surface area contributed by atoms with Crippen molar-refractivity contribution in [3.05, 3.63) is 51.6 Å². The molecule has 0 radical (unpaired) electrons. The Morgan fingerprint density at radius 1 is 1.11 bits per heavy atom. The van der Waals surface area contributed by atoms with E-state index in [4.69, 9.17) is 18.9 Å². The van der Waals surface area contributed by atoms with E-state index >= 15 is 0 Å². The summed E-state index contributed by atoms with van der Waals surface area (Å²) in [4.78, 5) is 42.7. The highest BCUT2D eigenvalue weighted by atomic mass is 127. The lowest BCUT2D eigenvalue weighted by Crippen LogP contribution is -2.55. The van der Waals surface area contributed by atoms with Crippen LogP contribution in [0.15, 0.2) is 18.2 Å². The quantitative estimate of drug-likeness (QED) is 0.195. The number of rotatable bonds is 6. The SMILES string of the molecule is COc1cccc2c1C(=O)c1c(O)c3c(c(O)c1C2=O)CC(O)(C(C)=O)CC3OC1OC(C)CC(N2CCCC2OC)C1I. The molecule has 6 rings (SSSR count). The second kappa shape index (κ2) is 11.6. The van der Waals surface area contributed by atoms with Crippen LogP contribution in [0.4, 0.5) is 0 Å². The van der Waals surface area contributed by atoms with Gasteiger partial charge in [0, 0.05) is 49.2 Å². The first-order valence-electron chi connectivity index (χ1n) is 14.8. The molecule has 7 unspecified atom stereocenters. The van der Waals surface area contributed by atoms with Crippen molar-refractivity contribution >= 4 is 39.9 Å². The molecule has 12 heteroatoms. The number of aliphatic hydroxyl groups is 1. The van der Waals surface area contributed by atoms with Gasteiger partial charge in [0.05, 0.1) is 39.9 Å². The van der Waals surface area contributed by atoms with Gasteiger partial charge in [-0.2, -0.15) is 0 Å². The normalized spacial score (nSPS) is 31.8. The van der Waals surface area contributed by atoms with Crippen LogP contribution in [0.3, 0.4) is 0 Å². The maximum absolute atomic E-state index is 13.9. The Balaban J connectivity index is 1.45. The average molecular weight is 722 g/mol. The van der Waals surface area contributed by atoms with Crippen molar-refractivity contribution in [3.8, 4) is 17.2 Å². The van der Waals surface area contributed by atoms with Crippen molar-refractivity contribution in [3.63, 3.8) is 0 Å². The molecule has 2 aliphatic heterocycles. The van der Waals surface area contributed by atoms with Crippen LogP contribution in [0.2, 0.25) is 0 Å². The van der Waals surface area contributed by atoms with E-state index in [1.165, 1.54) is 26.2 Å². The maximum atomic E-state index is 13.9. The number of nitrogens with zero attached hydrogens (tertiary/aromatic N) is 1. The number of ether oxygens (including phenoxy) is 4. The lowest BCUT2D eigenvalue weighted by atomic mass is 9.72. The molecule has 11 nitrogen and oxygen atoms in total. The molecule has 0 aromatic heterocycles. The Hall–Kier alpha value is -2.62. The maximum Gasteiger partial charge on any atom is 0.202 e. The standard InChI is InChI=1S/C32H36INO10/c1-14-11-18(34-10-6-9-21(34)42-4)26(33)31(43-14)44-20-13-32(40,15(2)35)12-17-23(20)30(39)25-24(28(17)37)27(36)16-7-5-8-19(41-3)22(16)29(25)38/h5,7-8,14,18,20-21,26,31,37,39-40H,6,9-13H2,1-4H3. The second-order valence-electron chi connectivity index (χ2n) is 12.1. The molecule has 4 aliphatic rings. The van der Waals surface area contributed by atoms with Crippen LogP contribution in [0.1, 0.15) is 88.6 Å². The van der Waals surface area contributed by atoms with Gasteiger partial charge >= 0.3 is 0 Å². The van der Waals surface area contributed by atoms with E-state index in [0.29, 0.717) is 0 Å². The fraction of sp³-hybridized carbons (Fsp3) is 0.531. The fourth-order valence-corrected chi connectivity index (χ4v) is 8.34. The molecule has 2 fully saturated rings. The number of hydrogen-bond acceptors (Lipinski definition) is 11. The number of alkyl halides is 1. The van der Waals surface area contributed by atoms with Crippen molar-refractivity contribution in [1.82, 2.24) is 4.90 Å². The van der Waals surface area contributed by atoms with Crippen molar-refractivity contribution in [2.24, 2.45) is 0 Å². The molecule has 2 aliphatic carbocycles. The zero-order chi connectivity index (χ0) is 31.7. The third kappa shape index (κ3) is 4.85. The number of phenolic OH excluding ortho intramolecular Hbond substituents is 2. The first-order chi connectivity index (χ1) is 20.9. The smallest absolute Gasteiger partial charge is 0.202 e. The lowest BCUT2D eigenvalue weighted by Gasteiger charge is -2.46. The molecule has 0 amide bonds. The monoisotopic (exact) mass is 721 g/mol. The van der Waals surface area contributed by atoms with Crippen LogP contribution in [-0.2, 0) is 25.4 Å². The highest BCUT2D eigenvalue weighted by molar-refractivity contribution is 14.1. The number of phenols is 2. The molecule has 0 bridgehead atoms. The van der Waals surface area contributed by atoms with E-state index in [0.717, 1.165) is 25.8 Å². The molecular weight excluding hydrogens is 685 g/mol. The van der Waals surface area contributed by atoms with Crippen LogP contribution < -0.4 is 4.74 Å². The summed E-state index contributed by atoms with van der Waals surface area (Å²) in [5, 5.41) is 34.8. The Labute approximate surface area is 268 Å². The minimum atomic E-state index is -1.96. The molecule has 0 saturated carbocycles. The first-order valence-corrected chi connectivity index (χ1v) is 16.0. The van der Waals surface area contributed by atoms with E-state index < -0.39 is 46.8 Å². The van der Waals surface area contributed by atoms with E-state index in [1.807, 2.05) is 6.92 Å². The van der Waals surface area contributed by atoms with E-state index in [2.05, 4.69) is 27.5 Å². The average Bonchev–Trinajstić information content (AvgIpc) is 3.47. The summed E-state index contributed by atoms with van der Waals surface area (Å²) >= 11 is 2.29. The molecule has 44 heavy (non-hydrogen) atoms. The summed E-state index contributed by atoms with van der Waals surface area (Å²) in [5.41, 5.74) is -2.69. The molecule has 2 aromatic rings. The number of ketones is 3. The highest BCUT2D eigenvalue weighted by Gasteiger charge is 2.51. The summed E-state index contributed by atoms with van der Waals surface area (Å²) in [5.74, 6) is -2.90. The number of aromatic hydroxyl groups is 2. The van der Waals surface area contributed by atoms with Gasteiger partial charge in [-0.05, 0) is 39.2 Å². The minimum Gasteiger partial charge on any atom is -0.507 e. The Kier molecular flexibility index (Phi) is 8.29. The molecular formula is C32H36INO10. The number of hydrogen-bond donors (Lipinski definition) is 3. The van der Waals surface area contributed by atoms with Crippen molar-refractivity contribution in [1.29, 1.82) is 0 Å². The van der Waals surface area contributed by atoms with Gasteiger partial charge in [-0.15, -0.1) is 0 Å². The van der Waals surface area contributed by atoms with Crippen LogP contribution in [-0.4, -0.2) is 92.5 Å². The summed E-state index contributed by atoms with van der Waals surface area (Å²) in [6.45, 7) is 4.04. The van der Waals surface area contributed by atoms with Crippen molar-refractivity contribution < 1.29 is 48.7 Å². The second-order valence-corrected chi connectivity index (χ2v) is 13.5. The summed E-state index contributed by atoms with van der Waals surface area (Å²) in [6.07, 6.45) is -0.189. The third-order valence-electron chi connectivity index (χ3n) is 9.53. The predicted octanol–water partition coefficient (Wildman–Crippen LogP) is 3.58. The van der Waals surface area contributed by atoms with Crippen molar-refractivity contribution in [2.75, 3.05) is 20.8 Å². The Morgan fingerprint density at radius 2 is 1.84 bits per heavy atom. The molecule has 3 N–H and O–H groups in total. The van der Waals surface area contributed by atoms with Gasteiger partial charge in [0.15, 0.2) is 17.9 Å². The number of likely N-dealkylation sites (tertiary alicyclic amines) is 1. The molecule has 2 heterocycles. The zero-order valence-corrected chi connectivity index (χ0v) is 27.1. The van der Waals surface area contributed by atoms with Crippen LogP contribution in [0.25, 0.3) is 0 Å². The molecule has 7 atom stereocenters. The number of methoxy groups -OCH3 is 2. The molecule has 2 saturated heterocycles. The van der Waals surface area contributed by atoms with Crippen LogP contribution >= 0.6 is 22.6 Å². The van der Waals surface area contributed by atoms with Gasteiger partial charge in [0.2, 0.25) is 5.78 Å². The Bertz CT molecular complexity index is 1540. The first kappa shape index (κ1) is 31.4. The van der Waals surface area contributed by atoms with Gasteiger partial charge in [-0.3, -0.25) is 19.3 Å². The number of fused-ring (bicyclic) bond motifs is 3. The van der Waals surface area contributed by atoms with Crippen molar-refractivity contribution in [2.45, 2.75) is 86.2 Å². The lowest BCUT2D eigenvalue weighted by molar-refractivity contribution is -0.230. The summed E-state index contributed by atoms with van der Waals surface area (Å²) in [7, 11) is 3.06.